The molecule has 5 heteroatoms. The van der Waals surface area contributed by atoms with Crippen LogP contribution in [-0.2, 0) is 4.79 Å². The van der Waals surface area contributed by atoms with Crippen LogP contribution in [0.4, 0.5) is 4.79 Å². The second-order valence-electron chi connectivity index (χ2n) is 5.34. The van der Waals surface area contributed by atoms with E-state index < -0.39 is 5.97 Å². The monoisotopic (exact) mass is 256 g/mol. The van der Waals surface area contributed by atoms with Crippen molar-refractivity contribution in [2.45, 2.75) is 46.0 Å². The van der Waals surface area contributed by atoms with Gasteiger partial charge in [-0.15, -0.1) is 0 Å². The predicted octanol–water partition coefficient (Wildman–Crippen LogP) is 1.98. The third kappa shape index (κ3) is 4.94. The summed E-state index contributed by atoms with van der Waals surface area (Å²) in [6.07, 6.45) is 4.82. The van der Waals surface area contributed by atoms with E-state index >= 15 is 0 Å². The second-order valence-corrected chi connectivity index (χ2v) is 5.34. The first-order valence-corrected chi connectivity index (χ1v) is 6.73. The van der Waals surface area contributed by atoms with E-state index in [9.17, 15) is 9.59 Å². The summed E-state index contributed by atoms with van der Waals surface area (Å²) in [6, 6.07) is -0.141. The maximum absolute atomic E-state index is 11.5. The Morgan fingerprint density at radius 1 is 1.33 bits per heavy atom. The van der Waals surface area contributed by atoms with Crippen LogP contribution in [0.15, 0.2) is 0 Å². The highest BCUT2D eigenvalue weighted by Crippen LogP contribution is 2.47. The summed E-state index contributed by atoms with van der Waals surface area (Å²) in [5.41, 5.74) is 0.356. The second kappa shape index (κ2) is 6.61. The van der Waals surface area contributed by atoms with Crippen LogP contribution in [0.2, 0.25) is 0 Å². The molecule has 0 bridgehead atoms. The van der Waals surface area contributed by atoms with Gasteiger partial charge in [0.05, 0.1) is 5.92 Å². The van der Waals surface area contributed by atoms with Gasteiger partial charge in [-0.2, -0.15) is 0 Å². The molecule has 0 aliphatic heterocycles. The zero-order valence-electron chi connectivity index (χ0n) is 11.3. The van der Waals surface area contributed by atoms with E-state index in [1.54, 1.807) is 6.92 Å². The number of rotatable bonds is 8. The van der Waals surface area contributed by atoms with Crippen molar-refractivity contribution in [2.24, 2.45) is 11.3 Å². The minimum atomic E-state index is -0.780. The minimum absolute atomic E-state index is 0.141. The van der Waals surface area contributed by atoms with E-state index in [-0.39, 0.29) is 11.9 Å². The summed E-state index contributed by atoms with van der Waals surface area (Å²) in [7, 11) is 0. The van der Waals surface area contributed by atoms with E-state index in [4.69, 9.17) is 5.11 Å². The van der Waals surface area contributed by atoms with Gasteiger partial charge in [0.25, 0.3) is 0 Å². The molecule has 0 aromatic rings. The molecule has 0 aromatic carbocycles. The molecule has 5 nitrogen and oxygen atoms in total. The molecule has 1 saturated carbocycles. The fourth-order valence-electron chi connectivity index (χ4n) is 1.90. The van der Waals surface area contributed by atoms with Crippen molar-refractivity contribution in [3.05, 3.63) is 0 Å². The molecule has 1 aliphatic rings. The van der Waals surface area contributed by atoms with E-state index in [2.05, 4.69) is 17.6 Å². The number of urea groups is 1. The van der Waals surface area contributed by atoms with Crippen molar-refractivity contribution in [2.75, 3.05) is 13.1 Å². The lowest BCUT2D eigenvalue weighted by Crippen LogP contribution is -2.39. The minimum Gasteiger partial charge on any atom is -0.481 e. The number of amides is 2. The summed E-state index contributed by atoms with van der Waals surface area (Å²) in [4.78, 5) is 22.1. The molecular weight excluding hydrogens is 232 g/mol. The number of aliphatic carboxylic acids is 1. The molecule has 0 heterocycles. The van der Waals surface area contributed by atoms with Crippen LogP contribution in [0.5, 0.6) is 0 Å². The van der Waals surface area contributed by atoms with Crippen molar-refractivity contribution >= 4 is 12.0 Å². The zero-order chi connectivity index (χ0) is 13.6. The highest BCUT2D eigenvalue weighted by atomic mass is 16.4. The molecule has 1 rings (SSSR count). The Balaban J connectivity index is 2.02. The maximum Gasteiger partial charge on any atom is 0.314 e. The lowest BCUT2D eigenvalue weighted by atomic mass is 10.0. The van der Waals surface area contributed by atoms with Gasteiger partial charge in [-0.25, -0.2) is 4.79 Å². The number of carboxylic acid groups (broad SMARTS) is 1. The molecule has 1 unspecified atom stereocenters. The molecular formula is C13H24N2O3. The highest BCUT2D eigenvalue weighted by molar-refractivity contribution is 5.73. The van der Waals surface area contributed by atoms with Gasteiger partial charge in [0.1, 0.15) is 0 Å². The van der Waals surface area contributed by atoms with Crippen molar-refractivity contribution in [1.82, 2.24) is 10.6 Å². The number of carboxylic acids is 1. The van der Waals surface area contributed by atoms with Gasteiger partial charge in [0, 0.05) is 13.1 Å². The number of hydrogen-bond acceptors (Lipinski definition) is 2. The standard InChI is InChI=1S/C13H24N2O3/c1-3-13(6-7-13)9-15-12(18)14-8-4-5-10(2)11(16)17/h10H,3-9H2,1-2H3,(H,16,17)(H2,14,15,18). The largest absolute Gasteiger partial charge is 0.481 e. The topological polar surface area (TPSA) is 78.4 Å². The average molecular weight is 256 g/mol. The number of carbonyl (C=O) groups excluding carboxylic acids is 1. The van der Waals surface area contributed by atoms with Gasteiger partial charge in [0.2, 0.25) is 0 Å². The van der Waals surface area contributed by atoms with Crippen LogP contribution in [0.3, 0.4) is 0 Å². The number of nitrogens with one attached hydrogen (secondary N) is 2. The summed E-state index contributed by atoms with van der Waals surface area (Å²) < 4.78 is 0. The van der Waals surface area contributed by atoms with Gasteiger partial charge in [0.15, 0.2) is 0 Å². The zero-order valence-corrected chi connectivity index (χ0v) is 11.3. The maximum atomic E-state index is 11.5. The van der Waals surface area contributed by atoms with Gasteiger partial charge in [-0.3, -0.25) is 4.79 Å². The third-order valence-corrected chi connectivity index (χ3v) is 3.85. The SMILES string of the molecule is CCC1(CNC(=O)NCCCC(C)C(=O)O)CC1. The van der Waals surface area contributed by atoms with Crippen LogP contribution in [0.1, 0.15) is 46.0 Å². The first kappa shape index (κ1) is 14.8. The highest BCUT2D eigenvalue weighted by Gasteiger charge is 2.40. The Labute approximate surface area is 108 Å². The lowest BCUT2D eigenvalue weighted by Gasteiger charge is -2.14. The molecule has 1 fully saturated rings. The van der Waals surface area contributed by atoms with Crippen LogP contribution in [0.25, 0.3) is 0 Å². The predicted molar refractivity (Wildman–Crippen MR) is 69.4 cm³/mol. The molecule has 0 radical (unpaired) electrons. The van der Waals surface area contributed by atoms with Crippen LogP contribution in [-0.4, -0.2) is 30.2 Å². The van der Waals surface area contributed by atoms with Gasteiger partial charge in [-0.05, 0) is 37.5 Å². The summed E-state index contributed by atoms with van der Waals surface area (Å²) >= 11 is 0. The first-order chi connectivity index (χ1) is 8.49. The van der Waals surface area contributed by atoms with E-state index in [1.807, 2.05) is 0 Å². The number of carbonyl (C=O) groups is 2. The Bertz CT molecular complexity index is 301. The fraction of sp³-hybridized carbons (Fsp3) is 0.846. The van der Waals surface area contributed by atoms with Crippen LogP contribution < -0.4 is 10.6 Å². The van der Waals surface area contributed by atoms with Crippen LogP contribution >= 0.6 is 0 Å². The quantitative estimate of drug-likeness (QED) is 0.581. The smallest absolute Gasteiger partial charge is 0.314 e. The molecule has 2 amide bonds. The Hall–Kier alpha value is -1.26. The van der Waals surface area contributed by atoms with Crippen LogP contribution in [0, 0.1) is 11.3 Å². The van der Waals surface area contributed by atoms with Gasteiger partial charge >= 0.3 is 12.0 Å². The molecule has 18 heavy (non-hydrogen) atoms. The fourth-order valence-corrected chi connectivity index (χ4v) is 1.90. The average Bonchev–Trinajstić information content (AvgIpc) is 3.12. The summed E-state index contributed by atoms with van der Waals surface area (Å²) in [6.45, 7) is 5.11. The van der Waals surface area contributed by atoms with Crippen molar-refractivity contribution in [1.29, 1.82) is 0 Å². The molecule has 0 spiro atoms. The number of hydrogen-bond donors (Lipinski definition) is 3. The molecule has 0 saturated heterocycles. The van der Waals surface area contributed by atoms with Gasteiger partial charge in [-0.1, -0.05) is 13.8 Å². The van der Waals surface area contributed by atoms with E-state index in [0.717, 1.165) is 13.0 Å². The third-order valence-electron chi connectivity index (χ3n) is 3.85. The molecule has 0 aromatic heterocycles. The van der Waals surface area contributed by atoms with Gasteiger partial charge < -0.3 is 15.7 Å². The lowest BCUT2D eigenvalue weighted by molar-refractivity contribution is -0.141. The van der Waals surface area contributed by atoms with E-state index in [1.165, 1.54) is 12.8 Å². The summed E-state index contributed by atoms with van der Waals surface area (Å²) in [5.74, 6) is -1.12. The van der Waals surface area contributed by atoms with Crippen molar-refractivity contribution in [3.8, 4) is 0 Å². The normalized spacial score (nSPS) is 17.9. The first-order valence-electron chi connectivity index (χ1n) is 6.73. The Kier molecular flexibility index (Phi) is 5.44. The molecule has 3 N–H and O–H groups in total. The van der Waals surface area contributed by atoms with Crippen molar-refractivity contribution in [3.63, 3.8) is 0 Å². The van der Waals surface area contributed by atoms with Crippen molar-refractivity contribution < 1.29 is 14.7 Å². The summed E-state index contributed by atoms with van der Waals surface area (Å²) in [5, 5.41) is 14.3. The van der Waals surface area contributed by atoms with E-state index in [0.29, 0.717) is 24.8 Å². The molecule has 1 atom stereocenters. The Morgan fingerprint density at radius 3 is 2.50 bits per heavy atom. The molecule has 1 aliphatic carbocycles. The molecule has 104 valence electrons. The Morgan fingerprint density at radius 2 is 2.00 bits per heavy atom.